The molecular weight excluding hydrogens is 289 g/mol. The number of benzene rings is 1. The molecule has 6 heteroatoms. The summed E-state index contributed by atoms with van der Waals surface area (Å²) in [6.07, 6.45) is 1.25. The average molecular weight is 300 g/mol. The second-order valence-electron chi connectivity index (χ2n) is 3.78. The third kappa shape index (κ3) is 2.89. The Labute approximate surface area is 106 Å². The van der Waals surface area contributed by atoms with Crippen molar-refractivity contribution in [3.63, 3.8) is 0 Å². The molecule has 0 bridgehead atoms. The van der Waals surface area contributed by atoms with Crippen molar-refractivity contribution in [3.8, 4) is 0 Å². The lowest BCUT2D eigenvalue weighted by Gasteiger charge is -2.09. The van der Waals surface area contributed by atoms with Crippen molar-refractivity contribution in [2.75, 3.05) is 0 Å². The van der Waals surface area contributed by atoms with Gasteiger partial charge in [-0.05, 0) is 33.6 Å². The van der Waals surface area contributed by atoms with Crippen LogP contribution in [0.25, 0.3) is 0 Å². The molecule has 0 aliphatic carbocycles. The number of hydrogen-bond acceptors (Lipinski definition) is 3. The van der Waals surface area contributed by atoms with Gasteiger partial charge in [0.05, 0.1) is 16.3 Å². The van der Waals surface area contributed by atoms with Crippen molar-refractivity contribution in [2.24, 2.45) is 7.05 Å². The molecule has 4 nitrogen and oxygen atoms in total. The van der Waals surface area contributed by atoms with Gasteiger partial charge in [-0.2, -0.15) is 0 Å². The molecule has 0 aliphatic heterocycles. The van der Waals surface area contributed by atoms with Crippen LogP contribution in [0.3, 0.4) is 0 Å². The van der Waals surface area contributed by atoms with Crippen LogP contribution in [0.4, 0.5) is 4.39 Å². The van der Waals surface area contributed by atoms with Gasteiger partial charge in [-0.3, -0.25) is 4.68 Å². The molecule has 1 N–H and O–H groups in total. The first kappa shape index (κ1) is 12.2. The fourth-order valence-electron chi connectivity index (χ4n) is 1.52. The van der Waals surface area contributed by atoms with Crippen LogP contribution in [0.2, 0.25) is 0 Å². The highest BCUT2D eigenvalue weighted by atomic mass is 79.9. The molecule has 2 aromatic rings. The van der Waals surface area contributed by atoms with Gasteiger partial charge in [0.25, 0.3) is 0 Å². The number of nitrogens with zero attached hydrogens (tertiary/aromatic N) is 3. The maximum absolute atomic E-state index is 13.3. The third-order valence-electron chi connectivity index (χ3n) is 2.38. The highest BCUT2D eigenvalue weighted by molar-refractivity contribution is 9.10. The second-order valence-corrected chi connectivity index (χ2v) is 4.63. The van der Waals surface area contributed by atoms with Crippen LogP contribution in [-0.2, 0) is 13.5 Å². The van der Waals surface area contributed by atoms with Crippen LogP contribution in [-0.4, -0.2) is 20.1 Å². The van der Waals surface area contributed by atoms with E-state index in [0.29, 0.717) is 22.2 Å². The zero-order chi connectivity index (χ0) is 12.4. The number of aryl methyl sites for hydroxylation is 1. The molecule has 0 fully saturated rings. The minimum atomic E-state index is -0.783. The molecule has 2 rings (SSSR count). The first-order chi connectivity index (χ1) is 8.06. The third-order valence-corrected chi connectivity index (χ3v) is 3.02. The summed E-state index contributed by atoms with van der Waals surface area (Å²) >= 11 is 3.07. The first-order valence-electron chi connectivity index (χ1n) is 5.04. The van der Waals surface area contributed by atoms with E-state index in [2.05, 4.69) is 26.2 Å². The Morgan fingerprint density at radius 3 is 2.88 bits per heavy atom. The van der Waals surface area contributed by atoms with Gasteiger partial charge in [0.15, 0.2) is 0 Å². The Balaban J connectivity index is 2.14. The number of aliphatic hydroxyl groups excluding tert-OH is 1. The molecule has 0 saturated carbocycles. The summed E-state index contributed by atoms with van der Waals surface area (Å²) in [6.45, 7) is 0. The minimum Gasteiger partial charge on any atom is -0.388 e. The van der Waals surface area contributed by atoms with Gasteiger partial charge in [-0.15, -0.1) is 5.10 Å². The molecule has 0 aliphatic rings. The number of aliphatic hydroxyl groups is 1. The Kier molecular flexibility index (Phi) is 3.54. The zero-order valence-corrected chi connectivity index (χ0v) is 10.7. The molecular formula is C11H11BrFN3O. The van der Waals surface area contributed by atoms with E-state index in [-0.39, 0.29) is 5.82 Å². The van der Waals surface area contributed by atoms with Crippen LogP contribution >= 0.6 is 15.9 Å². The monoisotopic (exact) mass is 299 g/mol. The number of rotatable bonds is 3. The van der Waals surface area contributed by atoms with Crippen molar-refractivity contribution in [1.29, 1.82) is 0 Å². The maximum atomic E-state index is 13.3. The lowest BCUT2D eigenvalue weighted by atomic mass is 10.1. The molecule has 90 valence electrons. The van der Waals surface area contributed by atoms with Crippen molar-refractivity contribution < 1.29 is 9.50 Å². The van der Waals surface area contributed by atoms with E-state index in [0.717, 1.165) is 0 Å². The van der Waals surface area contributed by atoms with E-state index in [1.165, 1.54) is 6.07 Å². The SMILES string of the molecule is Cn1cc(CC(O)c2ccc(Br)c(F)c2)nn1. The summed E-state index contributed by atoms with van der Waals surface area (Å²) < 4.78 is 15.2. The van der Waals surface area contributed by atoms with E-state index < -0.39 is 6.10 Å². The van der Waals surface area contributed by atoms with Crippen molar-refractivity contribution in [3.05, 3.63) is 45.9 Å². The molecule has 1 aromatic carbocycles. The lowest BCUT2D eigenvalue weighted by Crippen LogP contribution is -2.02. The molecule has 1 aromatic heterocycles. The largest absolute Gasteiger partial charge is 0.388 e. The van der Waals surface area contributed by atoms with Gasteiger partial charge in [-0.25, -0.2) is 4.39 Å². The summed E-state index contributed by atoms with van der Waals surface area (Å²) in [5, 5.41) is 17.6. The van der Waals surface area contributed by atoms with Gasteiger partial charge in [0.1, 0.15) is 5.82 Å². The molecule has 17 heavy (non-hydrogen) atoms. The molecule has 0 spiro atoms. The summed E-state index contributed by atoms with van der Waals surface area (Å²) in [5.41, 5.74) is 1.19. The molecule has 0 amide bonds. The molecule has 1 heterocycles. The lowest BCUT2D eigenvalue weighted by molar-refractivity contribution is 0.176. The Bertz CT molecular complexity index is 529. The predicted molar refractivity (Wildman–Crippen MR) is 63.8 cm³/mol. The van der Waals surface area contributed by atoms with Crippen LogP contribution in [0.1, 0.15) is 17.4 Å². The highest BCUT2D eigenvalue weighted by Gasteiger charge is 2.12. The van der Waals surface area contributed by atoms with Crippen molar-refractivity contribution >= 4 is 15.9 Å². The Hall–Kier alpha value is -1.27. The van der Waals surface area contributed by atoms with E-state index in [4.69, 9.17) is 0 Å². The average Bonchev–Trinajstić information content (AvgIpc) is 2.68. The van der Waals surface area contributed by atoms with Gasteiger partial charge >= 0.3 is 0 Å². The quantitative estimate of drug-likeness (QED) is 0.943. The van der Waals surface area contributed by atoms with Crippen LogP contribution in [0, 0.1) is 5.82 Å². The van der Waals surface area contributed by atoms with Crippen LogP contribution in [0.5, 0.6) is 0 Å². The number of halogens is 2. The molecule has 0 saturated heterocycles. The summed E-state index contributed by atoms with van der Waals surface area (Å²) in [7, 11) is 1.75. The normalized spacial score (nSPS) is 12.7. The van der Waals surface area contributed by atoms with Gasteiger partial charge in [-0.1, -0.05) is 11.3 Å². The molecule has 0 radical (unpaired) electrons. The van der Waals surface area contributed by atoms with Gasteiger partial charge in [0, 0.05) is 19.7 Å². The molecule has 1 atom stereocenters. The highest BCUT2D eigenvalue weighted by Crippen LogP contribution is 2.22. The summed E-state index contributed by atoms with van der Waals surface area (Å²) in [6, 6.07) is 4.56. The summed E-state index contributed by atoms with van der Waals surface area (Å²) in [4.78, 5) is 0. The van der Waals surface area contributed by atoms with E-state index >= 15 is 0 Å². The number of aromatic nitrogens is 3. The Morgan fingerprint density at radius 2 is 2.29 bits per heavy atom. The second kappa shape index (κ2) is 4.93. The minimum absolute atomic E-state index is 0.314. The topological polar surface area (TPSA) is 50.9 Å². The van der Waals surface area contributed by atoms with Crippen LogP contribution in [0.15, 0.2) is 28.9 Å². The summed E-state index contributed by atoms with van der Waals surface area (Å²) in [5.74, 6) is -0.388. The first-order valence-corrected chi connectivity index (χ1v) is 5.84. The fraction of sp³-hybridized carbons (Fsp3) is 0.273. The standard InChI is InChI=1S/C11H11BrFN3O/c1-16-6-8(14-15-16)5-11(17)7-2-3-9(12)10(13)4-7/h2-4,6,11,17H,5H2,1H3. The van der Waals surface area contributed by atoms with Gasteiger partial charge in [0.2, 0.25) is 0 Å². The predicted octanol–water partition coefficient (Wildman–Crippen LogP) is 1.99. The molecule has 1 unspecified atom stereocenters. The maximum Gasteiger partial charge on any atom is 0.137 e. The van der Waals surface area contributed by atoms with Crippen molar-refractivity contribution in [1.82, 2.24) is 15.0 Å². The van der Waals surface area contributed by atoms with Crippen LogP contribution < -0.4 is 0 Å². The number of hydrogen-bond donors (Lipinski definition) is 1. The zero-order valence-electron chi connectivity index (χ0n) is 9.14. The smallest absolute Gasteiger partial charge is 0.137 e. The van der Waals surface area contributed by atoms with E-state index in [1.54, 1.807) is 30.1 Å². The fourth-order valence-corrected chi connectivity index (χ4v) is 1.77. The van der Waals surface area contributed by atoms with Crippen molar-refractivity contribution in [2.45, 2.75) is 12.5 Å². The van der Waals surface area contributed by atoms with E-state index in [9.17, 15) is 9.50 Å². The van der Waals surface area contributed by atoms with E-state index in [1.807, 2.05) is 0 Å². The van der Waals surface area contributed by atoms with Gasteiger partial charge < -0.3 is 5.11 Å². The Morgan fingerprint density at radius 1 is 1.53 bits per heavy atom.